The fourth-order valence-electron chi connectivity index (χ4n) is 2.94. The number of hydrogen-bond donors (Lipinski definition) is 0. The van der Waals surface area contributed by atoms with Gasteiger partial charge in [0, 0.05) is 25.5 Å². The predicted octanol–water partition coefficient (Wildman–Crippen LogP) is 1.88. The number of methoxy groups -OCH3 is 1. The third kappa shape index (κ3) is 2.56. The zero-order valence-electron chi connectivity index (χ0n) is 13.8. The Labute approximate surface area is 139 Å². The normalized spacial score (nSPS) is 15.0. The number of nitrogens with zero attached hydrogens (tertiary/aromatic N) is 5. The predicted molar refractivity (Wildman–Crippen MR) is 91.3 cm³/mol. The van der Waals surface area contributed by atoms with Crippen molar-refractivity contribution in [2.45, 2.75) is 0 Å². The second-order valence-electron chi connectivity index (χ2n) is 5.70. The third-order valence-corrected chi connectivity index (χ3v) is 4.16. The molecule has 1 aliphatic heterocycles. The maximum absolute atomic E-state index is 5.47. The molecule has 0 spiro atoms. The molecule has 7 nitrogen and oxygen atoms in total. The van der Waals surface area contributed by atoms with Gasteiger partial charge in [0.1, 0.15) is 0 Å². The zero-order chi connectivity index (χ0) is 16.5. The highest BCUT2D eigenvalue weighted by atomic mass is 16.5. The first-order valence-electron chi connectivity index (χ1n) is 7.94. The average molecular weight is 325 g/mol. The lowest BCUT2D eigenvalue weighted by Crippen LogP contribution is -2.37. The second kappa shape index (κ2) is 6.09. The van der Waals surface area contributed by atoms with E-state index in [-0.39, 0.29) is 0 Å². The Hall–Kier alpha value is -2.67. The number of hydrogen-bond acceptors (Lipinski definition) is 6. The van der Waals surface area contributed by atoms with Gasteiger partial charge in [-0.3, -0.25) is 0 Å². The number of fused-ring (bicyclic) bond motifs is 1. The van der Waals surface area contributed by atoms with Crippen molar-refractivity contribution in [3.63, 3.8) is 0 Å². The summed E-state index contributed by atoms with van der Waals surface area (Å²) < 4.78 is 12.7. The Balaban J connectivity index is 1.79. The zero-order valence-corrected chi connectivity index (χ0v) is 13.8. The standard InChI is InChI=1S/C17H19N5O2/c1-21-17(22-7-9-24-10-8-22)19-15(20-21)13-11-12-5-3-4-6-14(12)18-16(13)23-2/h3-6,11H,7-10H2,1-2H3. The summed E-state index contributed by atoms with van der Waals surface area (Å²) in [6, 6.07) is 9.97. The molecule has 0 radical (unpaired) electrons. The lowest BCUT2D eigenvalue weighted by atomic mass is 10.1. The number of para-hydroxylation sites is 1. The van der Waals surface area contributed by atoms with E-state index >= 15 is 0 Å². The number of aromatic nitrogens is 4. The van der Waals surface area contributed by atoms with Gasteiger partial charge in [0.2, 0.25) is 11.8 Å². The van der Waals surface area contributed by atoms with Crippen molar-refractivity contribution in [3.8, 4) is 17.3 Å². The van der Waals surface area contributed by atoms with E-state index in [2.05, 4.69) is 15.0 Å². The number of anilines is 1. The summed E-state index contributed by atoms with van der Waals surface area (Å²) in [5.41, 5.74) is 1.69. The van der Waals surface area contributed by atoms with Gasteiger partial charge < -0.3 is 14.4 Å². The van der Waals surface area contributed by atoms with E-state index < -0.39 is 0 Å². The third-order valence-electron chi connectivity index (χ3n) is 4.16. The minimum Gasteiger partial charge on any atom is -0.480 e. The van der Waals surface area contributed by atoms with Gasteiger partial charge in [0.15, 0.2) is 5.82 Å². The molecular weight excluding hydrogens is 306 g/mol. The largest absolute Gasteiger partial charge is 0.480 e. The van der Waals surface area contributed by atoms with Crippen LogP contribution >= 0.6 is 0 Å². The van der Waals surface area contributed by atoms with Crippen LogP contribution in [0.1, 0.15) is 0 Å². The van der Waals surface area contributed by atoms with Crippen LogP contribution in [0.15, 0.2) is 30.3 Å². The molecule has 24 heavy (non-hydrogen) atoms. The van der Waals surface area contributed by atoms with Gasteiger partial charge in [-0.2, -0.15) is 4.98 Å². The van der Waals surface area contributed by atoms with Crippen LogP contribution in [0.5, 0.6) is 5.88 Å². The molecule has 7 heteroatoms. The minimum atomic E-state index is 0.535. The number of ether oxygens (including phenoxy) is 2. The highest BCUT2D eigenvalue weighted by Crippen LogP contribution is 2.30. The molecule has 2 aromatic heterocycles. The quantitative estimate of drug-likeness (QED) is 0.732. The molecule has 0 atom stereocenters. The first-order chi connectivity index (χ1) is 11.8. The Morgan fingerprint density at radius 2 is 1.92 bits per heavy atom. The molecule has 1 aromatic carbocycles. The lowest BCUT2D eigenvalue weighted by Gasteiger charge is -2.26. The van der Waals surface area contributed by atoms with Crippen molar-refractivity contribution >= 4 is 16.9 Å². The topological polar surface area (TPSA) is 65.3 Å². The number of pyridine rings is 1. The van der Waals surface area contributed by atoms with E-state index in [1.54, 1.807) is 11.8 Å². The number of morpholine rings is 1. The molecule has 1 fully saturated rings. The highest BCUT2D eigenvalue weighted by Gasteiger charge is 2.20. The van der Waals surface area contributed by atoms with E-state index in [4.69, 9.17) is 14.5 Å². The number of aryl methyl sites for hydroxylation is 1. The van der Waals surface area contributed by atoms with E-state index in [0.717, 1.165) is 35.5 Å². The van der Waals surface area contributed by atoms with E-state index in [1.807, 2.05) is 37.4 Å². The van der Waals surface area contributed by atoms with Gasteiger partial charge in [0.05, 0.1) is 31.4 Å². The Kier molecular flexibility index (Phi) is 3.78. The van der Waals surface area contributed by atoms with Crippen LogP contribution in [0.3, 0.4) is 0 Å². The number of benzene rings is 1. The first kappa shape index (κ1) is 14.9. The van der Waals surface area contributed by atoms with Gasteiger partial charge in [-0.1, -0.05) is 18.2 Å². The molecule has 0 N–H and O–H groups in total. The van der Waals surface area contributed by atoms with Crippen LogP contribution in [0.25, 0.3) is 22.3 Å². The van der Waals surface area contributed by atoms with E-state index in [0.29, 0.717) is 24.9 Å². The van der Waals surface area contributed by atoms with Crippen molar-refractivity contribution in [1.82, 2.24) is 19.7 Å². The van der Waals surface area contributed by atoms with Crippen LogP contribution in [0.4, 0.5) is 5.95 Å². The summed E-state index contributed by atoms with van der Waals surface area (Å²) in [5.74, 6) is 1.99. The molecule has 1 aliphatic rings. The highest BCUT2D eigenvalue weighted by molar-refractivity contribution is 5.84. The molecule has 3 heterocycles. The summed E-state index contributed by atoms with van der Waals surface area (Å²) in [6.45, 7) is 3.06. The molecule has 4 rings (SSSR count). The van der Waals surface area contributed by atoms with Crippen LogP contribution in [0, 0.1) is 0 Å². The SMILES string of the molecule is COc1nc2ccccc2cc1-c1nc(N2CCOCC2)n(C)n1. The fourth-order valence-corrected chi connectivity index (χ4v) is 2.94. The van der Waals surface area contributed by atoms with E-state index in [9.17, 15) is 0 Å². The molecule has 124 valence electrons. The van der Waals surface area contributed by atoms with Gasteiger partial charge in [-0.05, 0) is 12.1 Å². The average Bonchev–Trinajstić information content (AvgIpc) is 3.03. The molecule has 1 saturated heterocycles. The lowest BCUT2D eigenvalue weighted by molar-refractivity contribution is 0.121. The Morgan fingerprint density at radius 3 is 2.71 bits per heavy atom. The van der Waals surface area contributed by atoms with E-state index in [1.165, 1.54) is 0 Å². The minimum absolute atomic E-state index is 0.535. The van der Waals surface area contributed by atoms with Crippen molar-refractivity contribution < 1.29 is 9.47 Å². The maximum atomic E-state index is 5.47. The molecular formula is C17H19N5O2. The van der Waals surface area contributed by atoms with Crippen LogP contribution in [-0.4, -0.2) is 53.2 Å². The van der Waals surface area contributed by atoms with Gasteiger partial charge >= 0.3 is 0 Å². The van der Waals surface area contributed by atoms with Crippen molar-refractivity contribution in [2.24, 2.45) is 7.05 Å². The smallest absolute Gasteiger partial charge is 0.225 e. The summed E-state index contributed by atoms with van der Waals surface area (Å²) in [7, 11) is 3.52. The summed E-state index contributed by atoms with van der Waals surface area (Å²) in [4.78, 5) is 11.5. The van der Waals surface area contributed by atoms with Gasteiger partial charge in [-0.15, -0.1) is 5.10 Å². The van der Waals surface area contributed by atoms with Crippen molar-refractivity contribution in [1.29, 1.82) is 0 Å². The van der Waals surface area contributed by atoms with Crippen LogP contribution in [0.2, 0.25) is 0 Å². The number of rotatable bonds is 3. The first-order valence-corrected chi connectivity index (χ1v) is 7.94. The molecule has 0 bridgehead atoms. The molecule has 0 unspecified atom stereocenters. The monoisotopic (exact) mass is 325 g/mol. The fraction of sp³-hybridized carbons (Fsp3) is 0.353. The maximum Gasteiger partial charge on any atom is 0.225 e. The molecule has 0 aliphatic carbocycles. The van der Waals surface area contributed by atoms with Crippen LogP contribution < -0.4 is 9.64 Å². The Bertz CT molecular complexity index is 871. The van der Waals surface area contributed by atoms with Gasteiger partial charge in [0.25, 0.3) is 0 Å². The summed E-state index contributed by atoms with van der Waals surface area (Å²) in [6.07, 6.45) is 0. The second-order valence-corrected chi connectivity index (χ2v) is 5.70. The summed E-state index contributed by atoms with van der Waals surface area (Å²) >= 11 is 0. The van der Waals surface area contributed by atoms with Gasteiger partial charge in [-0.25, -0.2) is 9.67 Å². The molecule has 0 amide bonds. The molecule has 0 saturated carbocycles. The molecule has 3 aromatic rings. The summed E-state index contributed by atoms with van der Waals surface area (Å²) in [5, 5.41) is 5.61. The van der Waals surface area contributed by atoms with Crippen molar-refractivity contribution in [3.05, 3.63) is 30.3 Å². The van der Waals surface area contributed by atoms with Crippen molar-refractivity contribution in [2.75, 3.05) is 38.3 Å². The Morgan fingerprint density at radius 1 is 1.12 bits per heavy atom. The van der Waals surface area contributed by atoms with Crippen LogP contribution in [-0.2, 0) is 11.8 Å².